The van der Waals surface area contributed by atoms with Gasteiger partial charge in [-0.2, -0.15) is 13.2 Å². The average molecular weight is 354 g/mol. The Morgan fingerprint density at radius 3 is 2.75 bits per heavy atom. The molecule has 0 saturated carbocycles. The first-order valence-electron chi connectivity index (χ1n) is 6.10. The number of alkyl halides is 3. The Hall–Kier alpha value is -0.790. The van der Waals surface area contributed by atoms with Gasteiger partial charge in [0, 0.05) is 36.8 Å². The maximum absolute atomic E-state index is 13.0. The first-order chi connectivity index (χ1) is 9.36. The lowest BCUT2D eigenvalue weighted by atomic mass is 10.0. The van der Waals surface area contributed by atoms with Crippen LogP contribution >= 0.6 is 15.9 Å². The van der Waals surface area contributed by atoms with Crippen molar-refractivity contribution in [3.8, 4) is 0 Å². The number of methoxy groups -OCH3 is 1. The van der Waals surface area contributed by atoms with Crippen LogP contribution in [-0.2, 0) is 15.7 Å². The van der Waals surface area contributed by atoms with Gasteiger partial charge < -0.3 is 14.8 Å². The van der Waals surface area contributed by atoms with E-state index < -0.39 is 17.3 Å². The van der Waals surface area contributed by atoms with Crippen molar-refractivity contribution in [1.29, 1.82) is 0 Å². The molecule has 3 nitrogen and oxygen atoms in total. The molecular weight excluding hydrogens is 339 g/mol. The van der Waals surface area contributed by atoms with E-state index in [1.165, 1.54) is 6.07 Å². The minimum absolute atomic E-state index is 0.0454. The number of hydrogen-bond acceptors (Lipinski definition) is 3. The van der Waals surface area contributed by atoms with Crippen LogP contribution in [0, 0.1) is 0 Å². The number of anilines is 1. The third kappa shape index (κ3) is 3.45. The second-order valence-electron chi connectivity index (χ2n) is 4.73. The zero-order valence-electron chi connectivity index (χ0n) is 10.9. The molecule has 1 fully saturated rings. The second kappa shape index (κ2) is 5.91. The molecule has 0 aliphatic carbocycles. The van der Waals surface area contributed by atoms with Crippen LogP contribution in [0.3, 0.4) is 0 Å². The summed E-state index contributed by atoms with van der Waals surface area (Å²) >= 11 is 3.06. The fourth-order valence-electron chi connectivity index (χ4n) is 2.12. The number of rotatable bonds is 4. The first-order valence-corrected chi connectivity index (χ1v) is 6.89. The van der Waals surface area contributed by atoms with Crippen LogP contribution in [0.1, 0.15) is 12.0 Å². The van der Waals surface area contributed by atoms with Gasteiger partial charge in [0.25, 0.3) is 0 Å². The van der Waals surface area contributed by atoms with Crippen LogP contribution in [-0.4, -0.2) is 32.5 Å². The van der Waals surface area contributed by atoms with Crippen molar-refractivity contribution in [3.63, 3.8) is 0 Å². The van der Waals surface area contributed by atoms with E-state index >= 15 is 0 Å². The van der Waals surface area contributed by atoms with Crippen molar-refractivity contribution < 1.29 is 22.6 Å². The Balaban J connectivity index is 2.17. The van der Waals surface area contributed by atoms with Crippen LogP contribution in [0.15, 0.2) is 22.7 Å². The number of halogens is 4. The molecule has 1 heterocycles. The molecule has 2 rings (SSSR count). The van der Waals surface area contributed by atoms with Crippen molar-refractivity contribution in [1.82, 2.24) is 0 Å². The summed E-state index contributed by atoms with van der Waals surface area (Å²) in [6.45, 7) is 1.21. The molecule has 112 valence electrons. The molecule has 20 heavy (non-hydrogen) atoms. The highest BCUT2D eigenvalue weighted by Crippen LogP contribution is 2.37. The maximum Gasteiger partial charge on any atom is 0.418 e. The minimum atomic E-state index is -4.40. The monoisotopic (exact) mass is 353 g/mol. The lowest BCUT2D eigenvalue weighted by molar-refractivity contribution is -0.137. The van der Waals surface area contributed by atoms with Gasteiger partial charge in [-0.1, -0.05) is 15.9 Å². The molecule has 7 heteroatoms. The van der Waals surface area contributed by atoms with Crippen molar-refractivity contribution >= 4 is 21.6 Å². The van der Waals surface area contributed by atoms with Gasteiger partial charge in [-0.3, -0.25) is 0 Å². The van der Waals surface area contributed by atoms with Crippen molar-refractivity contribution in [2.75, 3.05) is 32.2 Å². The molecule has 0 bridgehead atoms. The van der Waals surface area contributed by atoms with Gasteiger partial charge in [0.05, 0.1) is 12.2 Å². The standard InChI is InChI=1S/C13H15BrF3NO2/c1-19-12(4-5-20-8-12)7-18-11-3-2-9(14)6-10(11)13(15,16)17/h2-3,6,18H,4-5,7-8H2,1H3. The largest absolute Gasteiger partial charge is 0.418 e. The van der Waals surface area contributed by atoms with Crippen LogP contribution in [0.25, 0.3) is 0 Å². The van der Waals surface area contributed by atoms with Crippen LogP contribution in [0.4, 0.5) is 18.9 Å². The van der Waals surface area contributed by atoms with Crippen LogP contribution in [0.2, 0.25) is 0 Å². The third-order valence-electron chi connectivity index (χ3n) is 3.39. The molecule has 0 aromatic heterocycles. The fraction of sp³-hybridized carbons (Fsp3) is 0.538. The van der Waals surface area contributed by atoms with Gasteiger partial charge in [0.2, 0.25) is 0 Å². The Bertz CT molecular complexity index is 473. The van der Waals surface area contributed by atoms with Crippen molar-refractivity contribution in [2.24, 2.45) is 0 Å². The molecule has 1 aromatic rings. The molecule has 0 spiro atoms. The fourth-order valence-corrected chi connectivity index (χ4v) is 2.48. The number of ether oxygens (including phenoxy) is 2. The second-order valence-corrected chi connectivity index (χ2v) is 5.65. The van der Waals surface area contributed by atoms with E-state index in [1.807, 2.05) is 0 Å². The van der Waals surface area contributed by atoms with Crippen LogP contribution in [0.5, 0.6) is 0 Å². The van der Waals surface area contributed by atoms with Crippen molar-refractivity contribution in [3.05, 3.63) is 28.2 Å². The molecule has 1 unspecified atom stereocenters. The first kappa shape index (κ1) is 15.6. The summed E-state index contributed by atoms with van der Waals surface area (Å²) in [4.78, 5) is 0. The highest BCUT2D eigenvalue weighted by molar-refractivity contribution is 9.10. The Morgan fingerprint density at radius 1 is 1.45 bits per heavy atom. The predicted octanol–water partition coefficient (Wildman–Crippen LogP) is 3.69. The van der Waals surface area contributed by atoms with E-state index in [2.05, 4.69) is 21.2 Å². The average Bonchev–Trinajstić information content (AvgIpc) is 2.86. The summed E-state index contributed by atoms with van der Waals surface area (Å²) in [5.74, 6) is 0. The molecule has 1 N–H and O–H groups in total. The summed E-state index contributed by atoms with van der Waals surface area (Å²) < 4.78 is 50.0. The zero-order chi connectivity index (χ0) is 14.8. The van der Waals surface area contributed by atoms with Gasteiger partial charge in [-0.05, 0) is 18.2 Å². The molecular formula is C13H15BrF3NO2. The molecule has 0 radical (unpaired) electrons. The van der Waals surface area contributed by atoms with Gasteiger partial charge in [-0.25, -0.2) is 0 Å². The van der Waals surface area contributed by atoms with E-state index in [0.29, 0.717) is 24.1 Å². The van der Waals surface area contributed by atoms with E-state index in [1.54, 1.807) is 13.2 Å². The van der Waals surface area contributed by atoms with Crippen molar-refractivity contribution in [2.45, 2.75) is 18.2 Å². The number of hydrogen-bond donors (Lipinski definition) is 1. The molecule has 1 aliphatic rings. The molecule has 1 aromatic carbocycles. The summed E-state index contributed by atoms with van der Waals surface area (Å²) in [7, 11) is 1.54. The van der Waals surface area contributed by atoms with Crippen LogP contribution < -0.4 is 5.32 Å². The van der Waals surface area contributed by atoms with E-state index in [0.717, 1.165) is 6.07 Å². The van der Waals surface area contributed by atoms with Gasteiger partial charge in [0.15, 0.2) is 0 Å². The van der Waals surface area contributed by atoms with Gasteiger partial charge in [0.1, 0.15) is 5.60 Å². The van der Waals surface area contributed by atoms with E-state index in [4.69, 9.17) is 9.47 Å². The normalized spacial score (nSPS) is 23.1. The predicted molar refractivity (Wildman–Crippen MR) is 72.8 cm³/mol. The third-order valence-corrected chi connectivity index (χ3v) is 3.88. The Kier molecular flexibility index (Phi) is 4.61. The molecule has 1 saturated heterocycles. The van der Waals surface area contributed by atoms with Gasteiger partial charge in [-0.15, -0.1) is 0 Å². The molecule has 0 amide bonds. The van der Waals surface area contributed by atoms with Gasteiger partial charge >= 0.3 is 6.18 Å². The van der Waals surface area contributed by atoms with E-state index in [9.17, 15) is 13.2 Å². The summed E-state index contributed by atoms with van der Waals surface area (Å²) in [6, 6.07) is 4.04. The number of benzene rings is 1. The molecule has 1 aliphatic heterocycles. The lowest BCUT2D eigenvalue weighted by Gasteiger charge is -2.27. The smallest absolute Gasteiger partial charge is 0.382 e. The highest BCUT2D eigenvalue weighted by atomic mass is 79.9. The maximum atomic E-state index is 13.0. The Morgan fingerprint density at radius 2 is 2.20 bits per heavy atom. The summed E-state index contributed by atoms with van der Waals surface area (Å²) in [5, 5.41) is 2.83. The SMILES string of the molecule is COC1(CNc2ccc(Br)cc2C(F)(F)F)CCOC1. The lowest BCUT2D eigenvalue weighted by Crippen LogP contribution is -2.39. The minimum Gasteiger partial charge on any atom is -0.382 e. The summed E-state index contributed by atoms with van der Waals surface area (Å²) in [6.07, 6.45) is -3.74. The van der Waals surface area contributed by atoms with E-state index in [-0.39, 0.29) is 12.2 Å². The Labute approximate surface area is 123 Å². The quantitative estimate of drug-likeness (QED) is 0.895. The molecule has 1 atom stereocenters. The summed E-state index contributed by atoms with van der Waals surface area (Å²) in [5.41, 5.74) is -1.21. The topological polar surface area (TPSA) is 30.5 Å². The number of nitrogens with one attached hydrogen (secondary N) is 1. The highest BCUT2D eigenvalue weighted by Gasteiger charge is 2.37. The zero-order valence-corrected chi connectivity index (χ0v) is 12.5.